The highest BCUT2D eigenvalue weighted by atomic mass is 16.4. The Morgan fingerprint density at radius 3 is 2.75 bits per heavy atom. The molecule has 0 aliphatic heterocycles. The molecule has 0 unspecified atom stereocenters. The summed E-state index contributed by atoms with van der Waals surface area (Å²) in [6.45, 7) is 0.723. The van der Waals surface area contributed by atoms with Gasteiger partial charge >= 0.3 is 5.97 Å². The zero-order valence-corrected chi connectivity index (χ0v) is 10.9. The van der Waals surface area contributed by atoms with Gasteiger partial charge in [0.15, 0.2) is 0 Å². The molecule has 2 heterocycles. The van der Waals surface area contributed by atoms with Crippen LogP contribution in [0.1, 0.15) is 11.1 Å². The van der Waals surface area contributed by atoms with Gasteiger partial charge in [-0.05, 0) is 17.2 Å². The summed E-state index contributed by atoms with van der Waals surface area (Å²) in [6, 6.07) is 12.0. The van der Waals surface area contributed by atoms with Gasteiger partial charge in [0.25, 0.3) is 0 Å². The number of hydrogen-bond acceptors (Lipinski definition) is 2. The number of carboxylic acids is 1. The molecule has 0 aliphatic carbocycles. The molecule has 0 spiro atoms. The maximum Gasteiger partial charge on any atom is 0.307 e. The number of nitrogens with zero attached hydrogens (tertiary/aromatic N) is 2. The second-order valence-electron chi connectivity index (χ2n) is 4.73. The minimum absolute atomic E-state index is 0.0178. The molecule has 1 aromatic carbocycles. The van der Waals surface area contributed by atoms with Crippen molar-refractivity contribution in [2.45, 2.75) is 13.0 Å². The maximum atomic E-state index is 11.0. The number of aliphatic carboxylic acids is 1. The van der Waals surface area contributed by atoms with Gasteiger partial charge in [-0.2, -0.15) is 0 Å². The minimum atomic E-state index is -0.826. The lowest BCUT2D eigenvalue weighted by atomic mass is 10.2. The van der Waals surface area contributed by atoms with Gasteiger partial charge in [-0.25, -0.2) is 0 Å². The van der Waals surface area contributed by atoms with Crippen LogP contribution in [0.4, 0.5) is 0 Å². The molecule has 20 heavy (non-hydrogen) atoms. The van der Waals surface area contributed by atoms with Gasteiger partial charge < -0.3 is 9.67 Å². The van der Waals surface area contributed by atoms with Crippen molar-refractivity contribution in [3.8, 4) is 0 Å². The van der Waals surface area contributed by atoms with Crippen LogP contribution >= 0.6 is 0 Å². The fraction of sp³-hybridized carbons (Fsp3) is 0.125. The zero-order chi connectivity index (χ0) is 13.9. The third-order valence-electron chi connectivity index (χ3n) is 3.30. The number of carbonyl (C=O) groups is 1. The number of aromatic nitrogens is 2. The monoisotopic (exact) mass is 266 g/mol. The topological polar surface area (TPSA) is 55.1 Å². The molecular weight excluding hydrogens is 252 g/mol. The van der Waals surface area contributed by atoms with Crippen molar-refractivity contribution in [3.05, 3.63) is 66.1 Å². The van der Waals surface area contributed by atoms with E-state index in [0.29, 0.717) is 0 Å². The number of fused-ring (bicyclic) bond motifs is 1. The van der Waals surface area contributed by atoms with Crippen LogP contribution in [-0.4, -0.2) is 20.6 Å². The molecule has 1 N–H and O–H groups in total. The number of pyridine rings is 1. The predicted molar refractivity (Wildman–Crippen MR) is 76.6 cm³/mol. The van der Waals surface area contributed by atoms with Gasteiger partial charge in [0, 0.05) is 30.5 Å². The molecule has 4 nitrogen and oxygen atoms in total. The highest BCUT2D eigenvalue weighted by Gasteiger charge is 2.11. The molecule has 0 aliphatic rings. The highest BCUT2D eigenvalue weighted by Crippen LogP contribution is 2.22. The van der Waals surface area contributed by atoms with Crippen LogP contribution in [0.5, 0.6) is 0 Å². The number of benzene rings is 1. The molecule has 0 atom stereocenters. The first-order valence-corrected chi connectivity index (χ1v) is 6.41. The quantitative estimate of drug-likeness (QED) is 0.790. The van der Waals surface area contributed by atoms with E-state index >= 15 is 0 Å². The first-order valence-electron chi connectivity index (χ1n) is 6.41. The maximum absolute atomic E-state index is 11.0. The Hall–Kier alpha value is -2.62. The third kappa shape index (κ3) is 2.40. The smallest absolute Gasteiger partial charge is 0.307 e. The summed E-state index contributed by atoms with van der Waals surface area (Å²) in [5.74, 6) is -0.826. The Bertz CT molecular complexity index is 748. The Balaban J connectivity index is 2.04. The van der Waals surface area contributed by atoms with Gasteiger partial charge in [0.05, 0.1) is 11.9 Å². The second kappa shape index (κ2) is 5.17. The van der Waals surface area contributed by atoms with Crippen molar-refractivity contribution in [1.29, 1.82) is 0 Å². The number of hydrogen-bond donors (Lipinski definition) is 1. The Morgan fingerprint density at radius 2 is 2.00 bits per heavy atom. The summed E-state index contributed by atoms with van der Waals surface area (Å²) in [4.78, 5) is 15.0. The normalized spacial score (nSPS) is 10.8. The zero-order valence-electron chi connectivity index (χ0n) is 10.9. The highest BCUT2D eigenvalue weighted by molar-refractivity contribution is 5.86. The van der Waals surface area contributed by atoms with Crippen molar-refractivity contribution in [3.63, 3.8) is 0 Å². The summed E-state index contributed by atoms with van der Waals surface area (Å²) in [6.07, 6.45) is 5.39. The number of carboxylic acid groups (broad SMARTS) is 1. The molecule has 0 bridgehead atoms. The van der Waals surface area contributed by atoms with Crippen LogP contribution in [-0.2, 0) is 17.8 Å². The SMILES string of the molecule is O=C(O)Cc1cn(Cc2ccccc2)c2ccncc12. The van der Waals surface area contributed by atoms with E-state index in [1.807, 2.05) is 30.5 Å². The van der Waals surface area contributed by atoms with Crippen LogP contribution in [0, 0.1) is 0 Å². The van der Waals surface area contributed by atoms with Gasteiger partial charge in [-0.3, -0.25) is 9.78 Å². The molecule has 0 amide bonds. The standard InChI is InChI=1S/C16H14N2O2/c19-16(20)8-13-11-18(10-12-4-2-1-3-5-12)15-6-7-17-9-14(13)15/h1-7,9,11H,8,10H2,(H,19,20). The molecule has 3 rings (SSSR count). The third-order valence-corrected chi connectivity index (χ3v) is 3.30. The Labute approximate surface area is 116 Å². The molecule has 0 saturated carbocycles. The first-order chi connectivity index (χ1) is 9.74. The summed E-state index contributed by atoms with van der Waals surface area (Å²) in [7, 11) is 0. The van der Waals surface area contributed by atoms with Gasteiger partial charge in [0.2, 0.25) is 0 Å². The largest absolute Gasteiger partial charge is 0.481 e. The van der Waals surface area contributed by atoms with Gasteiger partial charge in [-0.15, -0.1) is 0 Å². The molecule has 0 fully saturated rings. The Kier molecular flexibility index (Phi) is 3.21. The number of rotatable bonds is 4. The molecule has 0 radical (unpaired) electrons. The molecule has 2 aromatic heterocycles. The van der Waals surface area contributed by atoms with Crippen LogP contribution < -0.4 is 0 Å². The van der Waals surface area contributed by atoms with E-state index in [9.17, 15) is 4.79 Å². The minimum Gasteiger partial charge on any atom is -0.481 e. The molecule has 100 valence electrons. The van der Waals surface area contributed by atoms with Crippen LogP contribution in [0.25, 0.3) is 10.9 Å². The fourth-order valence-electron chi connectivity index (χ4n) is 2.43. The lowest BCUT2D eigenvalue weighted by molar-refractivity contribution is -0.136. The fourth-order valence-corrected chi connectivity index (χ4v) is 2.43. The molecular formula is C16H14N2O2. The van der Waals surface area contributed by atoms with Crippen LogP contribution in [0.3, 0.4) is 0 Å². The van der Waals surface area contributed by atoms with Crippen molar-refractivity contribution in [2.75, 3.05) is 0 Å². The Morgan fingerprint density at radius 1 is 1.20 bits per heavy atom. The van der Waals surface area contributed by atoms with Crippen LogP contribution in [0.2, 0.25) is 0 Å². The second-order valence-corrected chi connectivity index (χ2v) is 4.73. The molecule has 3 aromatic rings. The van der Waals surface area contributed by atoms with E-state index in [4.69, 9.17) is 5.11 Å². The van der Waals surface area contributed by atoms with Crippen molar-refractivity contribution >= 4 is 16.9 Å². The van der Waals surface area contributed by atoms with Gasteiger partial charge in [-0.1, -0.05) is 30.3 Å². The average molecular weight is 266 g/mol. The van der Waals surface area contributed by atoms with E-state index in [1.165, 1.54) is 5.56 Å². The summed E-state index contributed by atoms with van der Waals surface area (Å²) < 4.78 is 2.07. The summed E-state index contributed by atoms with van der Waals surface area (Å²) in [5.41, 5.74) is 3.00. The predicted octanol–water partition coefficient (Wildman–Crippen LogP) is 2.71. The van der Waals surface area contributed by atoms with E-state index in [0.717, 1.165) is 23.0 Å². The first kappa shape index (κ1) is 12.4. The molecule has 4 heteroatoms. The average Bonchev–Trinajstić information content (AvgIpc) is 2.78. The molecule has 0 saturated heterocycles. The van der Waals surface area contributed by atoms with Gasteiger partial charge in [0.1, 0.15) is 0 Å². The lowest BCUT2D eigenvalue weighted by Crippen LogP contribution is -2.00. The van der Waals surface area contributed by atoms with E-state index in [1.54, 1.807) is 12.4 Å². The van der Waals surface area contributed by atoms with E-state index in [2.05, 4.69) is 21.7 Å². The van der Waals surface area contributed by atoms with E-state index in [-0.39, 0.29) is 6.42 Å². The summed E-state index contributed by atoms with van der Waals surface area (Å²) in [5, 5.41) is 9.90. The van der Waals surface area contributed by atoms with Crippen LogP contribution in [0.15, 0.2) is 55.0 Å². The van der Waals surface area contributed by atoms with Crippen molar-refractivity contribution in [2.24, 2.45) is 0 Å². The lowest BCUT2D eigenvalue weighted by Gasteiger charge is -2.04. The van der Waals surface area contributed by atoms with E-state index < -0.39 is 5.97 Å². The summed E-state index contributed by atoms with van der Waals surface area (Å²) >= 11 is 0. The van der Waals surface area contributed by atoms with Crippen molar-refractivity contribution < 1.29 is 9.90 Å². The van der Waals surface area contributed by atoms with Crippen molar-refractivity contribution in [1.82, 2.24) is 9.55 Å².